The number of likely N-dealkylation sites (N-methyl/N-ethyl adjacent to an activating group) is 1. The molecule has 1 aromatic carbocycles. The van der Waals surface area contributed by atoms with Crippen molar-refractivity contribution in [2.45, 2.75) is 24.3 Å². The highest BCUT2D eigenvalue weighted by atomic mass is 32.2. The zero-order valence-corrected chi connectivity index (χ0v) is 12.4. The summed E-state index contributed by atoms with van der Waals surface area (Å²) in [6, 6.07) is 3.44. The zero-order chi connectivity index (χ0) is 14.8. The van der Waals surface area contributed by atoms with Gasteiger partial charge in [-0.2, -0.15) is 0 Å². The van der Waals surface area contributed by atoms with Crippen molar-refractivity contribution < 1.29 is 12.8 Å². The van der Waals surface area contributed by atoms with Crippen molar-refractivity contribution in [2.24, 2.45) is 0 Å². The van der Waals surface area contributed by atoms with Gasteiger partial charge in [-0.15, -0.1) is 0 Å². The molecule has 0 unspecified atom stereocenters. The van der Waals surface area contributed by atoms with Crippen LogP contribution in [0, 0.1) is 5.82 Å². The minimum atomic E-state index is -3.74. The third-order valence-corrected chi connectivity index (χ3v) is 4.59. The summed E-state index contributed by atoms with van der Waals surface area (Å²) in [4.78, 5) is 1.77. The molecule has 0 heterocycles. The fourth-order valence-electron chi connectivity index (χ4n) is 1.19. The van der Waals surface area contributed by atoms with E-state index in [1.54, 1.807) is 0 Å². The highest BCUT2D eigenvalue weighted by Gasteiger charge is 2.24. The van der Waals surface area contributed by atoms with E-state index in [2.05, 4.69) is 4.72 Å². The molecule has 7 heteroatoms. The van der Waals surface area contributed by atoms with Crippen molar-refractivity contribution in [3.05, 3.63) is 24.0 Å². The van der Waals surface area contributed by atoms with Crippen LogP contribution in [0.3, 0.4) is 0 Å². The van der Waals surface area contributed by atoms with Gasteiger partial charge < -0.3 is 10.6 Å². The van der Waals surface area contributed by atoms with Gasteiger partial charge in [-0.1, -0.05) is 0 Å². The Morgan fingerprint density at radius 1 is 1.37 bits per heavy atom. The van der Waals surface area contributed by atoms with Crippen LogP contribution in [0.25, 0.3) is 0 Å². The molecule has 0 saturated heterocycles. The standard InChI is InChI=1S/C12H20FN3O2S/c1-12(2,16(3)4)8-15-19(17,18)9-5-6-11(14)10(13)7-9/h5-7,15H,8,14H2,1-4H3. The van der Waals surface area contributed by atoms with Gasteiger partial charge in [-0.25, -0.2) is 17.5 Å². The molecule has 1 rings (SSSR count). The number of sulfonamides is 1. The smallest absolute Gasteiger partial charge is 0.240 e. The Morgan fingerprint density at radius 2 is 1.95 bits per heavy atom. The Balaban J connectivity index is 2.90. The predicted molar refractivity (Wildman–Crippen MR) is 73.8 cm³/mol. The van der Waals surface area contributed by atoms with Gasteiger partial charge in [0.1, 0.15) is 5.82 Å². The van der Waals surface area contributed by atoms with E-state index in [4.69, 9.17) is 5.73 Å². The summed E-state index contributed by atoms with van der Waals surface area (Å²) in [5.74, 6) is -0.741. The molecule has 108 valence electrons. The molecular formula is C12H20FN3O2S. The SMILES string of the molecule is CN(C)C(C)(C)CNS(=O)(=O)c1ccc(N)c(F)c1. The van der Waals surface area contributed by atoms with Gasteiger partial charge in [0.15, 0.2) is 0 Å². The number of hydrogen-bond donors (Lipinski definition) is 2. The summed E-state index contributed by atoms with van der Waals surface area (Å²) in [5, 5.41) is 0. The molecule has 0 spiro atoms. The fraction of sp³-hybridized carbons (Fsp3) is 0.500. The minimum absolute atomic E-state index is 0.0763. The largest absolute Gasteiger partial charge is 0.396 e. The van der Waals surface area contributed by atoms with E-state index >= 15 is 0 Å². The van der Waals surface area contributed by atoms with Gasteiger partial charge in [0.05, 0.1) is 10.6 Å². The summed E-state index contributed by atoms with van der Waals surface area (Å²) in [5.41, 5.74) is 4.89. The lowest BCUT2D eigenvalue weighted by atomic mass is 10.1. The van der Waals surface area contributed by atoms with Crippen LogP contribution in [-0.2, 0) is 10.0 Å². The molecule has 0 fully saturated rings. The van der Waals surface area contributed by atoms with Crippen LogP contribution >= 0.6 is 0 Å². The van der Waals surface area contributed by atoms with E-state index in [1.165, 1.54) is 12.1 Å². The quantitative estimate of drug-likeness (QED) is 0.794. The van der Waals surface area contributed by atoms with Crippen LogP contribution in [0.2, 0.25) is 0 Å². The van der Waals surface area contributed by atoms with Gasteiger partial charge in [0.2, 0.25) is 10.0 Å². The molecule has 0 atom stereocenters. The molecule has 0 aromatic heterocycles. The number of nitrogen functional groups attached to an aromatic ring is 1. The number of rotatable bonds is 5. The zero-order valence-electron chi connectivity index (χ0n) is 11.6. The van der Waals surface area contributed by atoms with E-state index in [0.717, 1.165) is 6.07 Å². The summed E-state index contributed by atoms with van der Waals surface area (Å²) in [6.07, 6.45) is 0. The van der Waals surface area contributed by atoms with Crippen molar-refractivity contribution in [3.8, 4) is 0 Å². The third-order valence-electron chi connectivity index (χ3n) is 3.19. The van der Waals surface area contributed by atoms with Gasteiger partial charge >= 0.3 is 0 Å². The molecule has 0 amide bonds. The van der Waals surface area contributed by atoms with Crippen LogP contribution < -0.4 is 10.5 Å². The van der Waals surface area contributed by atoms with E-state index < -0.39 is 15.8 Å². The first-order chi connectivity index (χ1) is 8.56. The normalized spacial score (nSPS) is 12.9. The first-order valence-electron chi connectivity index (χ1n) is 5.78. The Labute approximate surface area is 113 Å². The van der Waals surface area contributed by atoms with Gasteiger partial charge in [0.25, 0.3) is 0 Å². The summed E-state index contributed by atoms with van der Waals surface area (Å²) in [7, 11) is -0.0218. The molecule has 3 N–H and O–H groups in total. The number of anilines is 1. The van der Waals surface area contributed by atoms with E-state index in [1.807, 2.05) is 32.8 Å². The number of nitrogens with two attached hydrogens (primary N) is 1. The summed E-state index contributed by atoms with van der Waals surface area (Å²) >= 11 is 0. The minimum Gasteiger partial charge on any atom is -0.396 e. The first-order valence-corrected chi connectivity index (χ1v) is 7.27. The van der Waals surface area contributed by atoms with Crippen molar-refractivity contribution in [3.63, 3.8) is 0 Å². The molecule has 0 aliphatic rings. The van der Waals surface area contributed by atoms with Crippen molar-refractivity contribution in [2.75, 3.05) is 26.4 Å². The maximum absolute atomic E-state index is 13.3. The number of benzene rings is 1. The molecule has 1 aromatic rings. The van der Waals surface area contributed by atoms with E-state index in [9.17, 15) is 12.8 Å². The molecule has 0 aliphatic carbocycles. The van der Waals surface area contributed by atoms with E-state index in [0.29, 0.717) is 0 Å². The Hall–Kier alpha value is -1.18. The van der Waals surface area contributed by atoms with Crippen LogP contribution in [-0.4, -0.2) is 39.5 Å². The fourth-order valence-corrected chi connectivity index (χ4v) is 2.40. The second-order valence-electron chi connectivity index (χ2n) is 5.21. The molecule has 0 radical (unpaired) electrons. The lowest BCUT2D eigenvalue weighted by Gasteiger charge is -2.32. The maximum atomic E-state index is 13.3. The predicted octanol–water partition coefficient (Wildman–Crippen LogP) is 1.03. The van der Waals surface area contributed by atoms with E-state index in [-0.39, 0.29) is 22.7 Å². The molecule has 5 nitrogen and oxygen atoms in total. The lowest BCUT2D eigenvalue weighted by molar-refractivity contribution is 0.199. The second kappa shape index (κ2) is 5.44. The number of halogens is 1. The molecule has 0 aliphatic heterocycles. The van der Waals surface area contributed by atoms with Crippen LogP contribution in [0.4, 0.5) is 10.1 Å². The second-order valence-corrected chi connectivity index (χ2v) is 6.98. The monoisotopic (exact) mass is 289 g/mol. The first kappa shape index (κ1) is 15.9. The van der Waals surface area contributed by atoms with Crippen molar-refractivity contribution in [1.29, 1.82) is 0 Å². The van der Waals surface area contributed by atoms with Crippen molar-refractivity contribution >= 4 is 15.7 Å². The highest BCUT2D eigenvalue weighted by molar-refractivity contribution is 7.89. The lowest BCUT2D eigenvalue weighted by Crippen LogP contribution is -2.48. The number of nitrogens with zero attached hydrogens (tertiary/aromatic N) is 1. The Kier molecular flexibility index (Phi) is 4.54. The van der Waals surface area contributed by atoms with Crippen LogP contribution in [0.15, 0.2) is 23.1 Å². The molecule has 19 heavy (non-hydrogen) atoms. The molecule has 0 bridgehead atoms. The molecular weight excluding hydrogens is 269 g/mol. The Morgan fingerprint density at radius 3 is 2.42 bits per heavy atom. The average Bonchev–Trinajstić information content (AvgIpc) is 2.30. The number of hydrogen-bond acceptors (Lipinski definition) is 4. The van der Waals surface area contributed by atoms with Crippen molar-refractivity contribution in [1.82, 2.24) is 9.62 Å². The summed E-state index contributed by atoms with van der Waals surface area (Å²) in [6.45, 7) is 4.02. The number of nitrogens with one attached hydrogen (secondary N) is 1. The van der Waals surface area contributed by atoms with Gasteiger partial charge in [-0.05, 0) is 46.1 Å². The molecule has 0 saturated carbocycles. The Bertz CT molecular complexity index is 556. The highest BCUT2D eigenvalue weighted by Crippen LogP contribution is 2.17. The van der Waals surface area contributed by atoms with Gasteiger partial charge in [-0.3, -0.25) is 0 Å². The average molecular weight is 289 g/mol. The van der Waals surface area contributed by atoms with Crippen LogP contribution in [0.1, 0.15) is 13.8 Å². The third kappa shape index (κ3) is 3.89. The maximum Gasteiger partial charge on any atom is 0.240 e. The summed E-state index contributed by atoms with van der Waals surface area (Å²) < 4.78 is 39.8. The topological polar surface area (TPSA) is 75.4 Å². The van der Waals surface area contributed by atoms with Crippen LogP contribution in [0.5, 0.6) is 0 Å². The van der Waals surface area contributed by atoms with Gasteiger partial charge in [0, 0.05) is 12.1 Å².